The maximum absolute atomic E-state index is 13.5. The summed E-state index contributed by atoms with van der Waals surface area (Å²) in [5.74, 6) is -0.0325. The van der Waals surface area contributed by atoms with Crippen LogP contribution in [0.2, 0.25) is 0 Å². The number of amides is 1. The molecular formula is C23H28FN6O2Pr-. The molecule has 0 spiro atoms. The number of aromatic nitrogens is 1. The first-order valence-electron chi connectivity index (χ1n) is 10.7. The average molecular weight is 580 g/mol. The zero-order valence-electron chi connectivity index (χ0n) is 18.5. The first-order chi connectivity index (χ1) is 15.5. The van der Waals surface area contributed by atoms with Gasteiger partial charge in [-0.3, -0.25) is 9.18 Å². The van der Waals surface area contributed by atoms with Crippen LogP contribution in [0.15, 0.2) is 47.2 Å². The van der Waals surface area contributed by atoms with Gasteiger partial charge in [0.25, 0.3) is 5.91 Å². The number of rotatable bonds is 6. The molecule has 2 aliphatic rings. The average Bonchev–Trinajstić information content (AvgIpc) is 3.29. The van der Waals surface area contributed by atoms with Crippen LogP contribution in [0.4, 0.5) is 4.39 Å². The number of nitrogens with one attached hydrogen (secondary N) is 4. The number of nitrogens with two attached hydrogens (primary N) is 1. The Morgan fingerprint density at radius 1 is 1.36 bits per heavy atom. The van der Waals surface area contributed by atoms with Gasteiger partial charge in [0.15, 0.2) is 5.96 Å². The molecule has 2 aliphatic heterocycles. The molecule has 173 valence electrons. The van der Waals surface area contributed by atoms with Crippen LogP contribution in [0, 0.1) is 53.2 Å². The van der Waals surface area contributed by atoms with Crippen molar-refractivity contribution in [3.8, 4) is 0 Å². The van der Waals surface area contributed by atoms with E-state index >= 15 is 0 Å². The maximum Gasteiger partial charge on any atom is 0.267 e. The van der Waals surface area contributed by atoms with Gasteiger partial charge < -0.3 is 31.4 Å². The summed E-state index contributed by atoms with van der Waals surface area (Å²) >= 11 is 0. The molecule has 6 N–H and O–H groups in total. The van der Waals surface area contributed by atoms with Crippen molar-refractivity contribution in [1.29, 1.82) is 0 Å². The normalized spacial score (nSPS) is 19.4. The zero-order chi connectivity index (χ0) is 22.5. The predicted octanol–water partition coefficient (Wildman–Crippen LogP) is 2.06. The van der Waals surface area contributed by atoms with Crippen LogP contribution < -0.4 is 21.7 Å². The third-order valence-corrected chi connectivity index (χ3v) is 5.67. The number of aromatic amines is 1. The van der Waals surface area contributed by atoms with Gasteiger partial charge in [-0.25, -0.2) is 4.99 Å². The number of H-pyrrole nitrogens is 1. The summed E-state index contributed by atoms with van der Waals surface area (Å²) in [7, 11) is 0. The van der Waals surface area contributed by atoms with Gasteiger partial charge in [0.05, 0.1) is 0 Å². The Labute approximate surface area is 226 Å². The molecule has 1 aromatic heterocycles. The largest absolute Gasteiger partial charge is 0.381 e. The quantitative estimate of drug-likeness (QED) is 0.336. The number of hydrogen-bond acceptors (Lipinski definition) is 6. The Morgan fingerprint density at radius 3 is 2.88 bits per heavy atom. The minimum atomic E-state index is -0.519. The monoisotopic (exact) mass is 580 g/mol. The van der Waals surface area contributed by atoms with E-state index in [4.69, 9.17) is 15.5 Å². The van der Waals surface area contributed by atoms with Crippen LogP contribution in [0.3, 0.4) is 0 Å². The second-order valence-electron chi connectivity index (χ2n) is 8.04. The summed E-state index contributed by atoms with van der Waals surface area (Å²) in [6.45, 7) is 3.62. The predicted molar refractivity (Wildman–Crippen MR) is 119 cm³/mol. The van der Waals surface area contributed by atoms with E-state index in [1.807, 2.05) is 13.1 Å². The van der Waals surface area contributed by atoms with Gasteiger partial charge >= 0.3 is 0 Å². The second kappa shape index (κ2) is 12.1. The summed E-state index contributed by atoms with van der Waals surface area (Å²) in [6, 6.07) is 8.29. The van der Waals surface area contributed by atoms with Crippen LogP contribution in [0.5, 0.6) is 0 Å². The molecule has 1 aromatic carbocycles. The van der Waals surface area contributed by atoms with Crippen LogP contribution >= 0.6 is 0 Å². The molecule has 0 bridgehead atoms. The van der Waals surface area contributed by atoms with Crippen molar-refractivity contribution in [2.24, 2.45) is 10.7 Å². The summed E-state index contributed by atoms with van der Waals surface area (Å²) in [5, 5.41) is 9.49. The summed E-state index contributed by atoms with van der Waals surface area (Å²) in [4.78, 5) is 20.6. The number of hydrogen-bond donors (Lipinski definition) is 5. The van der Waals surface area contributed by atoms with Crippen molar-refractivity contribution < 1.29 is 55.2 Å². The molecule has 0 aliphatic carbocycles. The van der Waals surface area contributed by atoms with E-state index in [-0.39, 0.29) is 59.8 Å². The van der Waals surface area contributed by atoms with Crippen molar-refractivity contribution in [3.05, 3.63) is 70.9 Å². The van der Waals surface area contributed by atoms with E-state index < -0.39 is 11.9 Å². The van der Waals surface area contributed by atoms with Gasteiger partial charge in [-0.05, 0) is 37.0 Å². The molecular weight excluding hydrogens is 552 g/mol. The molecule has 2 aromatic rings. The topological polar surface area (TPSA) is 117 Å². The molecule has 3 heterocycles. The fourth-order valence-corrected chi connectivity index (χ4v) is 3.86. The van der Waals surface area contributed by atoms with Crippen molar-refractivity contribution in [2.45, 2.75) is 37.9 Å². The fraction of sp³-hybridized carbons (Fsp3) is 0.391. The minimum absolute atomic E-state index is 0. The van der Waals surface area contributed by atoms with Crippen LogP contribution in [-0.4, -0.2) is 42.7 Å². The Hall–Kier alpha value is -1.81. The van der Waals surface area contributed by atoms with Crippen molar-refractivity contribution >= 4 is 11.9 Å². The first-order valence-corrected chi connectivity index (χ1v) is 10.7. The Bertz CT molecular complexity index is 1020. The zero-order valence-corrected chi connectivity index (χ0v) is 22.2. The molecule has 2 atom stereocenters. The Kier molecular flexibility index (Phi) is 9.43. The smallest absolute Gasteiger partial charge is 0.267 e. The SMILES string of the molecule is CC1=CNC(NC2CCOCC2)=NC1c1c[nH]c(C(=O)NC(CN)c2c[c-]cc(F)c2)c1.[Pr]. The number of benzene rings is 1. The van der Waals surface area contributed by atoms with Crippen molar-refractivity contribution in [2.75, 3.05) is 19.8 Å². The number of ether oxygens (including phenoxy) is 1. The summed E-state index contributed by atoms with van der Waals surface area (Å²) < 4.78 is 18.9. The van der Waals surface area contributed by atoms with Gasteiger partial charge in [-0.2, -0.15) is 12.1 Å². The van der Waals surface area contributed by atoms with E-state index in [0.29, 0.717) is 23.3 Å². The Balaban J connectivity index is 0.00000306. The summed E-state index contributed by atoms with van der Waals surface area (Å²) in [5.41, 5.74) is 8.67. The standard InChI is InChI=1S/C23H28FN6O2.Pr/c1-14-12-27-23(28-18-5-7-32-8-6-18)30-21(14)16-10-19(26-13-16)22(31)29-20(11-25)15-3-2-4-17(24)9-15;/h3-4,9-10,12-13,18,20-21,26H,5-8,11,25H2,1H3,(H,29,31)(H2,27,28,30);/q-1;. The van der Waals surface area contributed by atoms with E-state index in [2.05, 4.69) is 27.0 Å². The molecule has 10 heteroatoms. The van der Waals surface area contributed by atoms with Gasteiger partial charge in [-0.15, -0.1) is 17.7 Å². The summed E-state index contributed by atoms with van der Waals surface area (Å²) in [6.07, 6.45) is 5.59. The molecule has 1 fully saturated rings. The van der Waals surface area contributed by atoms with Crippen molar-refractivity contribution in [1.82, 2.24) is 20.9 Å². The minimum Gasteiger partial charge on any atom is -0.381 e. The van der Waals surface area contributed by atoms with Crippen LogP contribution in [0.1, 0.15) is 53.5 Å². The molecule has 8 nitrogen and oxygen atoms in total. The third kappa shape index (κ3) is 6.62. The number of guanidine groups is 1. The van der Waals surface area contributed by atoms with E-state index in [1.54, 1.807) is 18.3 Å². The van der Waals surface area contributed by atoms with E-state index in [0.717, 1.165) is 37.2 Å². The number of carbonyl (C=O) groups is 1. The molecule has 4 rings (SSSR count). The number of carbonyl (C=O) groups excluding carboxylic acids is 1. The van der Waals surface area contributed by atoms with Crippen LogP contribution in [-0.2, 0) is 4.74 Å². The Morgan fingerprint density at radius 2 is 2.15 bits per heavy atom. The maximum atomic E-state index is 13.5. The molecule has 2 unspecified atom stereocenters. The molecule has 1 amide bonds. The molecule has 1 radical (unpaired) electrons. The third-order valence-electron chi connectivity index (χ3n) is 5.67. The van der Waals surface area contributed by atoms with Crippen LogP contribution in [0.25, 0.3) is 0 Å². The molecule has 1 saturated heterocycles. The van der Waals surface area contributed by atoms with Gasteiger partial charge in [0.2, 0.25) is 0 Å². The first kappa shape index (κ1) is 25.8. The van der Waals surface area contributed by atoms with Gasteiger partial charge in [-0.1, -0.05) is 0 Å². The molecule has 0 saturated carbocycles. The number of halogens is 1. The van der Waals surface area contributed by atoms with E-state index in [9.17, 15) is 9.18 Å². The van der Waals surface area contributed by atoms with Gasteiger partial charge in [0, 0.05) is 91.3 Å². The molecule has 33 heavy (non-hydrogen) atoms. The van der Waals surface area contributed by atoms with E-state index in [1.165, 1.54) is 12.1 Å². The fourth-order valence-electron chi connectivity index (χ4n) is 3.86. The second-order valence-corrected chi connectivity index (χ2v) is 8.04. The van der Waals surface area contributed by atoms with Crippen molar-refractivity contribution in [3.63, 3.8) is 0 Å². The number of nitrogens with zero attached hydrogens (tertiary/aromatic N) is 1. The van der Waals surface area contributed by atoms with Gasteiger partial charge in [0.1, 0.15) is 11.7 Å². The number of aliphatic imine (C=N–C) groups is 1.